The van der Waals surface area contributed by atoms with Crippen molar-refractivity contribution in [3.63, 3.8) is 0 Å². The zero-order chi connectivity index (χ0) is 14.0. The number of benzene rings is 1. The number of ether oxygens (including phenoxy) is 1. The standard InChI is InChI=1S/C14H20N2O3S/c17-20(18,10-7-15-13-5-6-13)16-8-9-19-14-4-2-1-3-12(14)11-16/h1-4,13,15H,5-11H2. The second-order valence-electron chi connectivity index (χ2n) is 5.33. The maximum absolute atomic E-state index is 12.4. The lowest BCUT2D eigenvalue weighted by molar-refractivity contribution is 0.293. The average Bonchev–Trinajstić information content (AvgIpc) is 3.23. The van der Waals surface area contributed by atoms with Crippen LogP contribution in [0.1, 0.15) is 18.4 Å². The van der Waals surface area contributed by atoms with E-state index in [2.05, 4.69) is 5.32 Å². The molecule has 0 radical (unpaired) electrons. The fourth-order valence-corrected chi connectivity index (χ4v) is 3.67. The summed E-state index contributed by atoms with van der Waals surface area (Å²) in [5, 5.41) is 3.25. The predicted octanol–water partition coefficient (Wildman–Crippen LogP) is 0.963. The number of hydrogen-bond acceptors (Lipinski definition) is 4. The number of fused-ring (bicyclic) bond motifs is 1. The highest BCUT2D eigenvalue weighted by Gasteiger charge is 2.27. The summed E-state index contributed by atoms with van der Waals surface area (Å²) in [7, 11) is -3.23. The quantitative estimate of drug-likeness (QED) is 0.879. The summed E-state index contributed by atoms with van der Waals surface area (Å²) < 4.78 is 31.9. The highest BCUT2D eigenvalue weighted by atomic mass is 32.2. The topological polar surface area (TPSA) is 58.6 Å². The van der Waals surface area contributed by atoms with Crippen molar-refractivity contribution in [1.82, 2.24) is 9.62 Å². The van der Waals surface area contributed by atoms with Gasteiger partial charge in [-0.1, -0.05) is 18.2 Å². The van der Waals surface area contributed by atoms with E-state index in [-0.39, 0.29) is 5.75 Å². The van der Waals surface area contributed by atoms with E-state index < -0.39 is 10.0 Å². The summed E-state index contributed by atoms with van der Waals surface area (Å²) in [5.74, 6) is 0.951. The molecule has 1 N–H and O–H groups in total. The Bertz CT molecular complexity index is 570. The second-order valence-corrected chi connectivity index (χ2v) is 7.42. The molecule has 1 aromatic carbocycles. The number of nitrogens with zero attached hydrogens (tertiary/aromatic N) is 1. The summed E-state index contributed by atoms with van der Waals surface area (Å²) >= 11 is 0. The van der Waals surface area contributed by atoms with Gasteiger partial charge in [0.25, 0.3) is 0 Å². The van der Waals surface area contributed by atoms with Crippen molar-refractivity contribution in [3.8, 4) is 5.75 Å². The first-order valence-corrected chi connectivity index (χ1v) is 8.68. The van der Waals surface area contributed by atoms with Crippen LogP contribution >= 0.6 is 0 Å². The highest BCUT2D eigenvalue weighted by molar-refractivity contribution is 7.89. The second kappa shape index (κ2) is 5.71. The third-order valence-corrected chi connectivity index (χ3v) is 5.50. The Hall–Kier alpha value is -1.11. The number of para-hydroxylation sites is 1. The van der Waals surface area contributed by atoms with Gasteiger partial charge in [-0.05, 0) is 18.9 Å². The molecule has 0 atom stereocenters. The lowest BCUT2D eigenvalue weighted by atomic mass is 10.2. The smallest absolute Gasteiger partial charge is 0.215 e. The summed E-state index contributed by atoms with van der Waals surface area (Å²) in [6.07, 6.45) is 2.34. The molecule has 2 aliphatic rings. The fraction of sp³-hybridized carbons (Fsp3) is 0.571. The molecule has 0 unspecified atom stereocenters. The first-order chi connectivity index (χ1) is 9.65. The Labute approximate surface area is 120 Å². The Balaban J connectivity index is 1.66. The van der Waals surface area contributed by atoms with Crippen molar-refractivity contribution in [2.45, 2.75) is 25.4 Å². The van der Waals surface area contributed by atoms with Gasteiger partial charge in [-0.25, -0.2) is 8.42 Å². The molecule has 1 saturated carbocycles. The molecule has 1 fully saturated rings. The maximum atomic E-state index is 12.4. The molecule has 20 heavy (non-hydrogen) atoms. The molecule has 0 saturated heterocycles. The van der Waals surface area contributed by atoms with E-state index in [1.165, 1.54) is 17.1 Å². The minimum atomic E-state index is -3.23. The number of hydrogen-bond donors (Lipinski definition) is 1. The molecule has 0 bridgehead atoms. The molecule has 5 nitrogen and oxygen atoms in total. The van der Waals surface area contributed by atoms with Gasteiger partial charge in [-0.3, -0.25) is 0 Å². The van der Waals surface area contributed by atoms with Crippen LogP contribution in [0.3, 0.4) is 0 Å². The minimum Gasteiger partial charge on any atom is -0.492 e. The van der Waals surface area contributed by atoms with Crippen molar-refractivity contribution < 1.29 is 13.2 Å². The molecule has 0 spiro atoms. The summed E-state index contributed by atoms with van der Waals surface area (Å²) in [5.41, 5.74) is 0.934. The van der Waals surface area contributed by atoms with Crippen molar-refractivity contribution in [3.05, 3.63) is 29.8 Å². The van der Waals surface area contributed by atoms with E-state index in [9.17, 15) is 8.42 Å². The molecule has 1 heterocycles. The summed E-state index contributed by atoms with van der Waals surface area (Å²) in [6.45, 7) is 1.76. The lowest BCUT2D eigenvalue weighted by Gasteiger charge is -2.19. The molecule has 1 aromatic rings. The first kappa shape index (κ1) is 13.9. The summed E-state index contributed by atoms with van der Waals surface area (Å²) in [4.78, 5) is 0. The summed E-state index contributed by atoms with van der Waals surface area (Å²) in [6, 6.07) is 8.17. The van der Waals surface area contributed by atoms with Gasteiger partial charge in [0.15, 0.2) is 0 Å². The lowest BCUT2D eigenvalue weighted by Crippen LogP contribution is -2.37. The predicted molar refractivity (Wildman–Crippen MR) is 77.2 cm³/mol. The van der Waals surface area contributed by atoms with Crippen LogP contribution in [0.4, 0.5) is 0 Å². The molecule has 110 valence electrons. The van der Waals surface area contributed by atoms with Crippen molar-refractivity contribution >= 4 is 10.0 Å². The average molecular weight is 296 g/mol. The Morgan fingerprint density at radius 3 is 2.90 bits per heavy atom. The van der Waals surface area contributed by atoms with Crippen LogP contribution in [-0.2, 0) is 16.6 Å². The zero-order valence-corrected chi connectivity index (χ0v) is 12.2. The van der Waals surface area contributed by atoms with E-state index in [4.69, 9.17) is 4.74 Å². The SMILES string of the molecule is O=S(=O)(CCNC1CC1)N1CCOc2ccccc2C1. The minimum absolute atomic E-state index is 0.158. The molecule has 0 amide bonds. The van der Waals surface area contributed by atoms with Gasteiger partial charge in [0.2, 0.25) is 10.0 Å². The Kier molecular flexibility index (Phi) is 3.96. The number of nitrogens with one attached hydrogen (secondary N) is 1. The van der Waals surface area contributed by atoms with Gasteiger partial charge in [-0.2, -0.15) is 4.31 Å². The van der Waals surface area contributed by atoms with Crippen LogP contribution in [0, 0.1) is 0 Å². The van der Waals surface area contributed by atoms with Gasteiger partial charge in [0, 0.05) is 31.2 Å². The van der Waals surface area contributed by atoms with Crippen LogP contribution in [-0.4, -0.2) is 44.2 Å². The Morgan fingerprint density at radius 2 is 2.10 bits per heavy atom. The van der Waals surface area contributed by atoms with E-state index >= 15 is 0 Å². The molecule has 1 aliphatic heterocycles. The van der Waals surface area contributed by atoms with E-state index in [1.807, 2.05) is 24.3 Å². The van der Waals surface area contributed by atoms with Crippen LogP contribution < -0.4 is 10.1 Å². The fourth-order valence-electron chi connectivity index (χ4n) is 2.35. The van der Waals surface area contributed by atoms with Crippen molar-refractivity contribution in [1.29, 1.82) is 0 Å². The van der Waals surface area contributed by atoms with Crippen molar-refractivity contribution in [2.24, 2.45) is 0 Å². The van der Waals surface area contributed by atoms with Gasteiger partial charge < -0.3 is 10.1 Å². The van der Waals surface area contributed by atoms with Crippen LogP contribution in [0.25, 0.3) is 0 Å². The third-order valence-electron chi connectivity index (χ3n) is 3.68. The van der Waals surface area contributed by atoms with E-state index in [0.717, 1.165) is 11.3 Å². The molecule has 6 heteroatoms. The first-order valence-electron chi connectivity index (χ1n) is 7.07. The molecular weight excluding hydrogens is 276 g/mol. The Morgan fingerprint density at radius 1 is 1.30 bits per heavy atom. The molecule has 1 aliphatic carbocycles. The number of rotatable bonds is 5. The van der Waals surface area contributed by atoms with Crippen molar-refractivity contribution in [2.75, 3.05) is 25.4 Å². The maximum Gasteiger partial charge on any atom is 0.215 e. The van der Waals surface area contributed by atoms with Gasteiger partial charge >= 0.3 is 0 Å². The molecular formula is C14H20N2O3S. The van der Waals surface area contributed by atoms with Crippen LogP contribution in [0.2, 0.25) is 0 Å². The third kappa shape index (κ3) is 3.31. The highest BCUT2D eigenvalue weighted by Crippen LogP contribution is 2.24. The molecule has 3 rings (SSSR count). The normalized spacial score (nSPS) is 20.0. The van der Waals surface area contributed by atoms with Crippen LogP contribution in [0.5, 0.6) is 5.75 Å². The largest absolute Gasteiger partial charge is 0.492 e. The van der Waals surface area contributed by atoms with Gasteiger partial charge in [-0.15, -0.1) is 0 Å². The van der Waals surface area contributed by atoms with E-state index in [0.29, 0.717) is 32.3 Å². The van der Waals surface area contributed by atoms with Crippen LogP contribution in [0.15, 0.2) is 24.3 Å². The van der Waals surface area contributed by atoms with E-state index in [1.54, 1.807) is 0 Å². The monoisotopic (exact) mass is 296 g/mol. The molecule has 0 aromatic heterocycles. The van der Waals surface area contributed by atoms with Gasteiger partial charge in [0.1, 0.15) is 12.4 Å². The van der Waals surface area contributed by atoms with Gasteiger partial charge in [0.05, 0.1) is 5.75 Å². The zero-order valence-electron chi connectivity index (χ0n) is 11.4. The number of sulfonamides is 1.